The third-order valence-corrected chi connectivity index (χ3v) is 5.65. The van der Waals surface area contributed by atoms with Crippen molar-refractivity contribution in [3.8, 4) is 6.07 Å². The number of aliphatic hydroxyl groups is 1. The SMILES string of the molecule is CC(C)C[C@H](NC(=O)CC(O)(c1ccccc1)C(F)(F)F)C(=O)N[C@H](C#N)C[C@@H]1CCNC1=O. The summed E-state index contributed by atoms with van der Waals surface area (Å²) in [6, 6.07) is 5.90. The fraction of sp³-hybridized carbons (Fsp3) is 0.565. The minimum atomic E-state index is -5.14. The lowest BCUT2D eigenvalue weighted by Gasteiger charge is -2.31. The van der Waals surface area contributed by atoms with E-state index in [0.717, 1.165) is 12.1 Å². The molecule has 1 aliphatic heterocycles. The molecule has 0 aromatic heterocycles. The van der Waals surface area contributed by atoms with Gasteiger partial charge in [-0.25, -0.2) is 0 Å². The van der Waals surface area contributed by atoms with Gasteiger partial charge in [0.05, 0.1) is 12.5 Å². The summed E-state index contributed by atoms with van der Waals surface area (Å²) in [5.74, 6) is -2.69. The Bertz CT molecular complexity index is 917. The molecule has 0 spiro atoms. The van der Waals surface area contributed by atoms with E-state index >= 15 is 0 Å². The van der Waals surface area contributed by atoms with Crippen molar-refractivity contribution in [1.29, 1.82) is 5.26 Å². The molecule has 1 heterocycles. The molecule has 34 heavy (non-hydrogen) atoms. The molecule has 3 amide bonds. The van der Waals surface area contributed by atoms with Crippen molar-refractivity contribution in [1.82, 2.24) is 16.0 Å². The summed E-state index contributed by atoms with van der Waals surface area (Å²) in [6.07, 6.45) is -5.79. The molecule has 1 aromatic carbocycles. The van der Waals surface area contributed by atoms with Gasteiger partial charge in [-0.1, -0.05) is 44.2 Å². The molecule has 0 aliphatic carbocycles. The van der Waals surface area contributed by atoms with Crippen LogP contribution in [0.25, 0.3) is 0 Å². The van der Waals surface area contributed by atoms with Gasteiger partial charge in [0.1, 0.15) is 12.1 Å². The normalized spacial score (nSPS) is 19.5. The molecule has 0 radical (unpaired) electrons. The summed E-state index contributed by atoms with van der Waals surface area (Å²) in [7, 11) is 0. The molecule has 1 aromatic rings. The van der Waals surface area contributed by atoms with E-state index in [1.54, 1.807) is 13.8 Å². The second-order valence-electron chi connectivity index (χ2n) is 8.85. The van der Waals surface area contributed by atoms with E-state index in [0.29, 0.717) is 13.0 Å². The number of carbonyl (C=O) groups is 3. The number of nitrogens with one attached hydrogen (secondary N) is 3. The van der Waals surface area contributed by atoms with E-state index in [-0.39, 0.29) is 24.7 Å². The lowest BCUT2D eigenvalue weighted by molar-refractivity contribution is -0.267. The minimum Gasteiger partial charge on any atom is -0.376 e. The fourth-order valence-corrected chi connectivity index (χ4v) is 3.83. The molecule has 1 saturated heterocycles. The largest absolute Gasteiger partial charge is 0.421 e. The molecular formula is C23H29F3N4O4. The molecule has 0 saturated carbocycles. The average Bonchev–Trinajstić information content (AvgIpc) is 3.16. The molecule has 1 fully saturated rings. The number of benzene rings is 1. The highest BCUT2D eigenvalue weighted by Crippen LogP contribution is 2.41. The first kappa shape index (κ1) is 27.1. The molecule has 0 bridgehead atoms. The van der Waals surface area contributed by atoms with Gasteiger partial charge in [0.2, 0.25) is 17.7 Å². The van der Waals surface area contributed by atoms with Crippen LogP contribution in [0.4, 0.5) is 13.2 Å². The van der Waals surface area contributed by atoms with Gasteiger partial charge >= 0.3 is 6.18 Å². The summed E-state index contributed by atoms with van der Waals surface area (Å²) in [5, 5.41) is 27.2. The lowest BCUT2D eigenvalue weighted by Crippen LogP contribution is -2.53. The van der Waals surface area contributed by atoms with Crippen LogP contribution in [0.15, 0.2) is 30.3 Å². The van der Waals surface area contributed by atoms with E-state index < -0.39 is 53.6 Å². The van der Waals surface area contributed by atoms with Crippen molar-refractivity contribution in [3.63, 3.8) is 0 Å². The van der Waals surface area contributed by atoms with Gasteiger partial charge < -0.3 is 21.1 Å². The number of hydrogen-bond acceptors (Lipinski definition) is 5. The smallest absolute Gasteiger partial charge is 0.376 e. The quantitative estimate of drug-likeness (QED) is 0.405. The van der Waals surface area contributed by atoms with Crippen LogP contribution >= 0.6 is 0 Å². The molecule has 4 atom stereocenters. The van der Waals surface area contributed by atoms with Gasteiger partial charge in [-0.2, -0.15) is 18.4 Å². The van der Waals surface area contributed by atoms with E-state index in [4.69, 9.17) is 0 Å². The van der Waals surface area contributed by atoms with Crippen LogP contribution in [0.2, 0.25) is 0 Å². The number of alkyl halides is 3. The first-order chi connectivity index (χ1) is 15.9. The highest BCUT2D eigenvalue weighted by molar-refractivity contribution is 5.88. The van der Waals surface area contributed by atoms with Crippen LogP contribution in [-0.2, 0) is 20.0 Å². The first-order valence-corrected chi connectivity index (χ1v) is 11.0. The zero-order valence-electron chi connectivity index (χ0n) is 19.0. The second kappa shape index (κ2) is 11.3. The summed E-state index contributed by atoms with van der Waals surface area (Å²) in [6.45, 7) is 3.99. The van der Waals surface area contributed by atoms with Crippen LogP contribution < -0.4 is 16.0 Å². The highest BCUT2D eigenvalue weighted by Gasteiger charge is 2.56. The van der Waals surface area contributed by atoms with Gasteiger partial charge in [0.15, 0.2) is 5.60 Å². The monoisotopic (exact) mass is 482 g/mol. The molecule has 8 nitrogen and oxygen atoms in total. The van der Waals surface area contributed by atoms with Gasteiger partial charge in [0, 0.05) is 12.5 Å². The molecule has 11 heteroatoms. The van der Waals surface area contributed by atoms with Crippen LogP contribution in [0.5, 0.6) is 0 Å². The van der Waals surface area contributed by atoms with Crippen molar-refractivity contribution in [2.45, 2.75) is 63.4 Å². The Morgan fingerprint density at radius 1 is 1.24 bits per heavy atom. The minimum absolute atomic E-state index is 0.0816. The zero-order chi connectivity index (χ0) is 25.5. The Hall–Kier alpha value is -3.13. The van der Waals surface area contributed by atoms with Crippen LogP contribution in [-0.4, -0.2) is 47.6 Å². The maximum Gasteiger partial charge on any atom is 0.421 e. The number of rotatable bonds is 10. The Morgan fingerprint density at radius 2 is 1.88 bits per heavy atom. The zero-order valence-corrected chi connectivity index (χ0v) is 19.0. The summed E-state index contributed by atoms with van der Waals surface area (Å²) >= 11 is 0. The number of nitrogens with zero attached hydrogens (tertiary/aromatic N) is 1. The van der Waals surface area contributed by atoms with Gasteiger partial charge in [-0.15, -0.1) is 0 Å². The second-order valence-corrected chi connectivity index (χ2v) is 8.85. The van der Waals surface area contributed by atoms with E-state index in [9.17, 15) is 37.9 Å². The molecular weight excluding hydrogens is 453 g/mol. The Balaban J connectivity index is 2.13. The van der Waals surface area contributed by atoms with Crippen LogP contribution in [0.1, 0.15) is 45.1 Å². The lowest BCUT2D eigenvalue weighted by atomic mass is 9.89. The standard InChI is InChI=1S/C23H29F3N4O4/c1-14(2)10-18(21(33)29-17(13-27)11-15-8-9-28-20(15)32)30-19(31)12-22(34,23(24,25)26)16-6-4-3-5-7-16/h3-7,14-15,17-18,34H,8-12H2,1-2H3,(H,28,32)(H,29,33)(H,30,31)/t15-,17-,18-,22?/m0/s1. The Morgan fingerprint density at radius 3 is 2.38 bits per heavy atom. The maximum absolute atomic E-state index is 13.7. The predicted molar refractivity (Wildman–Crippen MR) is 116 cm³/mol. The van der Waals surface area contributed by atoms with Gasteiger partial charge in [0.25, 0.3) is 0 Å². The molecule has 4 N–H and O–H groups in total. The molecule has 2 rings (SSSR count). The van der Waals surface area contributed by atoms with E-state index in [1.807, 2.05) is 6.07 Å². The van der Waals surface area contributed by atoms with Crippen molar-refractivity contribution in [2.24, 2.45) is 11.8 Å². The molecule has 1 unspecified atom stereocenters. The average molecular weight is 483 g/mol. The number of halogens is 3. The Labute approximate surface area is 195 Å². The first-order valence-electron chi connectivity index (χ1n) is 11.0. The van der Waals surface area contributed by atoms with Crippen LogP contribution in [0.3, 0.4) is 0 Å². The topological polar surface area (TPSA) is 131 Å². The highest BCUT2D eigenvalue weighted by atomic mass is 19.4. The van der Waals surface area contributed by atoms with E-state index in [2.05, 4.69) is 16.0 Å². The summed E-state index contributed by atoms with van der Waals surface area (Å²) in [5.41, 5.74) is -3.94. The fourth-order valence-electron chi connectivity index (χ4n) is 3.83. The van der Waals surface area contributed by atoms with Gasteiger partial charge in [-0.3, -0.25) is 14.4 Å². The predicted octanol–water partition coefficient (Wildman–Crippen LogP) is 1.89. The number of amides is 3. The van der Waals surface area contributed by atoms with Crippen molar-refractivity contribution >= 4 is 17.7 Å². The van der Waals surface area contributed by atoms with Crippen molar-refractivity contribution in [3.05, 3.63) is 35.9 Å². The molecule has 186 valence electrons. The number of carbonyl (C=O) groups excluding carboxylic acids is 3. The third-order valence-electron chi connectivity index (χ3n) is 5.65. The maximum atomic E-state index is 13.7. The molecule has 1 aliphatic rings. The summed E-state index contributed by atoms with van der Waals surface area (Å²) in [4.78, 5) is 37.2. The Kier molecular flexibility index (Phi) is 9.04. The third kappa shape index (κ3) is 6.93. The number of nitriles is 1. The van der Waals surface area contributed by atoms with Gasteiger partial charge in [-0.05, 0) is 30.7 Å². The van der Waals surface area contributed by atoms with Crippen LogP contribution in [0, 0.1) is 23.2 Å². The summed E-state index contributed by atoms with van der Waals surface area (Å²) < 4.78 is 41.2. The van der Waals surface area contributed by atoms with Crippen molar-refractivity contribution in [2.75, 3.05) is 6.54 Å². The van der Waals surface area contributed by atoms with E-state index in [1.165, 1.54) is 18.2 Å². The number of hydrogen-bond donors (Lipinski definition) is 4. The van der Waals surface area contributed by atoms with Crippen molar-refractivity contribution < 1.29 is 32.7 Å².